The predicted molar refractivity (Wildman–Crippen MR) is 45.7 cm³/mol. The minimum absolute atomic E-state index is 0.157. The minimum atomic E-state index is -0.560. The highest BCUT2D eigenvalue weighted by atomic mass is 35.5. The number of fused-ring (bicyclic) bond motifs is 1. The number of nitro groups is 1. The van der Waals surface area contributed by atoms with Crippen molar-refractivity contribution in [2.75, 3.05) is 0 Å². The van der Waals surface area contributed by atoms with Crippen LogP contribution in [0.2, 0.25) is 5.15 Å². The summed E-state index contributed by atoms with van der Waals surface area (Å²) in [5.41, 5.74) is -0.0191. The molecule has 0 amide bonds. The maximum absolute atomic E-state index is 10.5. The Kier molecular flexibility index (Phi) is 1.66. The quantitative estimate of drug-likeness (QED) is 0.401. The Bertz CT molecular complexity index is 480. The molecular weight excluding hydrogens is 196 g/mol. The van der Waals surface area contributed by atoms with Crippen LogP contribution in [-0.2, 0) is 0 Å². The minimum Gasteiger partial charge on any atom is -0.457 e. The second-order valence-corrected chi connectivity index (χ2v) is 2.71. The smallest absolute Gasteiger partial charge is 0.330 e. The van der Waals surface area contributed by atoms with Gasteiger partial charge in [-0.25, -0.2) is 4.98 Å². The van der Waals surface area contributed by atoms with E-state index in [1.807, 2.05) is 0 Å². The lowest BCUT2D eigenvalue weighted by molar-refractivity contribution is -0.383. The number of rotatable bonds is 1. The van der Waals surface area contributed by atoms with Crippen molar-refractivity contribution in [3.8, 4) is 0 Å². The van der Waals surface area contributed by atoms with Crippen molar-refractivity contribution >= 4 is 28.3 Å². The van der Waals surface area contributed by atoms with Crippen LogP contribution in [0.4, 0.5) is 5.69 Å². The molecule has 2 rings (SSSR count). The number of pyridine rings is 1. The summed E-state index contributed by atoms with van der Waals surface area (Å²) in [5, 5.41) is 11.1. The molecule has 2 aromatic heterocycles. The molecule has 5 nitrogen and oxygen atoms in total. The average Bonchev–Trinajstić information content (AvgIpc) is 2.53. The van der Waals surface area contributed by atoms with Crippen molar-refractivity contribution < 1.29 is 9.34 Å². The Hall–Kier alpha value is -1.62. The number of hydrogen-bond donors (Lipinski definition) is 0. The first-order valence-corrected chi connectivity index (χ1v) is 3.74. The SMILES string of the molecule is O=[N+]([O-])c1cnc(Cl)c2ccoc12. The molecule has 0 atom stereocenters. The highest BCUT2D eigenvalue weighted by Gasteiger charge is 2.17. The number of halogens is 1. The monoisotopic (exact) mass is 198 g/mol. The number of nitrogens with zero attached hydrogens (tertiary/aromatic N) is 2. The highest BCUT2D eigenvalue weighted by Crippen LogP contribution is 2.29. The van der Waals surface area contributed by atoms with E-state index in [-0.39, 0.29) is 16.4 Å². The molecule has 0 spiro atoms. The first kappa shape index (κ1) is 8.00. The molecule has 0 bridgehead atoms. The third-order valence-electron chi connectivity index (χ3n) is 1.62. The molecule has 6 heteroatoms. The zero-order valence-electron chi connectivity index (χ0n) is 6.23. The largest absolute Gasteiger partial charge is 0.457 e. The van der Waals surface area contributed by atoms with Gasteiger partial charge in [0.25, 0.3) is 0 Å². The van der Waals surface area contributed by atoms with Crippen LogP contribution < -0.4 is 0 Å². The van der Waals surface area contributed by atoms with E-state index in [1.165, 1.54) is 12.3 Å². The van der Waals surface area contributed by atoms with E-state index in [4.69, 9.17) is 16.0 Å². The van der Waals surface area contributed by atoms with Crippen LogP contribution in [0.1, 0.15) is 0 Å². The molecule has 0 aliphatic heterocycles. The van der Waals surface area contributed by atoms with Gasteiger partial charge in [0, 0.05) is 0 Å². The normalized spacial score (nSPS) is 10.5. The fourth-order valence-electron chi connectivity index (χ4n) is 1.05. The van der Waals surface area contributed by atoms with E-state index in [0.29, 0.717) is 5.39 Å². The van der Waals surface area contributed by atoms with Crippen LogP contribution in [0.25, 0.3) is 11.0 Å². The number of hydrogen-bond acceptors (Lipinski definition) is 4. The molecule has 0 saturated heterocycles. The summed E-state index contributed by atoms with van der Waals surface area (Å²) in [5.74, 6) is 0. The summed E-state index contributed by atoms with van der Waals surface area (Å²) in [6.07, 6.45) is 2.42. The summed E-state index contributed by atoms with van der Waals surface area (Å²) in [6.45, 7) is 0. The molecule has 2 aromatic rings. The van der Waals surface area contributed by atoms with Gasteiger partial charge in [-0.05, 0) is 6.07 Å². The topological polar surface area (TPSA) is 69.2 Å². The van der Waals surface area contributed by atoms with Gasteiger partial charge in [-0.15, -0.1) is 0 Å². The molecular formula is C7H3ClN2O3. The first-order valence-electron chi connectivity index (χ1n) is 3.36. The van der Waals surface area contributed by atoms with Gasteiger partial charge in [0.05, 0.1) is 16.6 Å². The van der Waals surface area contributed by atoms with E-state index < -0.39 is 4.92 Å². The zero-order valence-corrected chi connectivity index (χ0v) is 6.99. The Morgan fingerprint density at radius 2 is 2.38 bits per heavy atom. The first-order chi connectivity index (χ1) is 6.20. The molecule has 0 aliphatic rings. The lowest BCUT2D eigenvalue weighted by Crippen LogP contribution is -1.89. The summed E-state index contributed by atoms with van der Waals surface area (Å²) in [6, 6.07) is 1.54. The average molecular weight is 199 g/mol. The third kappa shape index (κ3) is 1.13. The molecule has 0 radical (unpaired) electrons. The van der Waals surface area contributed by atoms with Crippen molar-refractivity contribution in [2.24, 2.45) is 0 Å². The van der Waals surface area contributed by atoms with Gasteiger partial charge < -0.3 is 4.42 Å². The lowest BCUT2D eigenvalue weighted by atomic mass is 10.3. The second kappa shape index (κ2) is 2.70. The predicted octanol–water partition coefficient (Wildman–Crippen LogP) is 2.39. The molecule has 0 aliphatic carbocycles. The van der Waals surface area contributed by atoms with E-state index in [0.717, 1.165) is 6.20 Å². The molecule has 13 heavy (non-hydrogen) atoms. The molecule has 0 unspecified atom stereocenters. The maximum atomic E-state index is 10.5. The van der Waals surface area contributed by atoms with Gasteiger partial charge in [0.1, 0.15) is 11.3 Å². The van der Waals surface area contributed by atoms with Crippen molar-refractivity contribution in [2.45, 2.75) is 0 Å². The van der Waals surface area contributed by atoms with Gasteiger partial charge in [-0.2, -0.15) is 0 Å². The molecule has 66 valence electrons. The van der Waals surface area contributed by atoms with Crippen LogP contribution in [-0.4, -0.2) is 9.91 Å². The van der Waals surface area contributed by atoms with Crippen molar-refractivity contribution in [3.63, 3.8) is 0 Å². The van der Waals surface area contributed by atoms with Crippen LogP contribution in [0.5, 0.6) is 0 Å². The van der Waals surface area contributed by atoms with Crippen LogP contribution in [0.15, 0.2) is 22.9 Å². The van der Waals surface area contributed by atoms with Crippen LogP contribution in [0, 0.1) is 10.1 Å². The summed E-state index contributed by atoms with van der Waals surface area (Å²) in [7, 11) is 0. The molecule has 0 saturated carbocycles. The third-order valence-corrected chi connectivity index (χ3v) is 1.92. The molecule has 0 aromatic carbocycles. The van der Waals surface area contributed by atoms with Gasteiger partial charge >= 0.3 is 5.69 Å². The summed E-state index contributed by atoms with van der Waals surface area (Å²) < 4.78 is 4.93. The van der Waals surface area contributed by atoms with Crippen molar-refractivity contribution in [1.29, 1.82) is 0 Å². The fourth-order valence-corrected chi connectivity index (χ4v) is 1.24. The summed E-state index contributed by atoms with van der Waals surface area (Å²) >= 11 is 5.68. The van der Waals surface area contributed by atoms with E-state index in [9.17, 15) is 10.1 Å². The zero-order chi connectivity index (χ0) is 9.42. The number of furan rings is 1. The Morgan fingerprint density at radius 3 is 3.08 bits per heavy atom. The van der Waals surface area contributed by atoms with Crippen molar-refractivity contribution in [1.82, 2.24) is 4.98 Å². The highest BCUT2D eigenvalue weighted by molar-refractivity contribution is 6.34. The van der Waals surface area contributed by atoms with Crippen LogP contribution in [0.3, 0.4) is 0 Å². The Labute approximate surface area is 77.1 Å². The van der Waals surface area contributed by atoms with Gasteiger partial charge in [-0.1, -0.05) is 11.6 Å². The fraction of sp³-hybridized carbons (Fsp3) is 0. The van der Waals surface area contributed by atoms with Crippen molar-refractivity contribution in [3.05, 3.63) is 33.8 Å². The summed E-state index contributed by atoms with van der Waals surface area (Å²) in [4.78, 5) is 13.6. The Morgan fingerprint density at radius 1 is 1.62 bits per heavy atom. The van der Waals surface area contributed by atoms with Gasteiger partial charge in [-0.3, -0.25) is 10.1 Å². The number of aromatic nitrogens is 1. The van der Waals surface area contributed by atoms with Gasteiger partial charge in [0.2, 0.25) is 5.58 Å². The van der Waals surface area contributed by atoms with Crippen LogP contribution >= 0.6 is 11.6 Å². The maximum Gasteiger partial charge on any atom is 0.330 e. The van der Waals surface area contributed by atoms with E-state index in [2.05, 4.69) is 4.98 Å². The second-order valence-electron chi connectivity index (χ2n) is 2.35. The molecule has 0 N–H and O–H groups in total. The molecule has 2 heterocycles. The standard InChI is InChI=1S/C7H3ClN2O3/c8-7-4-1-2-13-6(4)5(3-9-7)10(11)12/h1-3H. The van der Waals surface area contributed by atoms with Gasteiger partial charge in [0.15, 0.2) is 0 Å². The van der Waals surface area contributed by atoms with E-state index in [1.54, 1.807) is 0 Å². The Balaban J connectivity index is 2.86. The lowest BCUT2D eigenvalue weighted by Gasteiger charge is -1.92. The molecule has 0 fully saturated rings. The van der Waals surface area contributed by atoms with E-state index >= 15 is 0 Å².